The normalized spacial score (nSPS) is 23.6. The molecule has 1 aromatic carbocycles. The standard InChI is InChI=1S/C19H30N2O/c1-15-13-20(18(22)19(3,4)5)14-16(2)21(15)12-11-17-9-7-6-8-10-17/h6-10,15-16H,11-14H2,1-5H3. The molecular formula is C19H30N2O. The van der Waals surface area contributed by atoms with E-state index in [9.17, 15) is 4.79 Å². The Labute approximate surface area is 135 Å². The Morgan fingerprint density at radius 3 is 2.14 bits per heavy atom. The first-order chi connectivity index (χ1) is 10.3. The zero-order chi connectivity index (χ0) is 16.3. The van der Waals surface area contributed by atoms with Crippen molar-refractivity contribution in [2.45, 2.75) is 53.1 Å². The van der Waals surface area contributed by atoms with Crippen LogP contribution in [0.1, 0.15) is 40.2 Å². The minimum Gasteiger partial charge on any atom is -0.339 e. The van der Waals surface area contributed by atoms with E-state index in [1.165, 1.54) is 5.56 Å². The van der Waals surface area contributed by atoms with Crippen LogP contribution in [0.15, 0.2) is 30.3 Å². The van der Waals surface area contributed by atoms with E-state index in [4.69, 9.17) is 0 Å². The van der Waals surface area contributed by atoms with Gasteiger partial charge in [-0.25, -0.2) is 0 Å². The molecule has 2 atom stereocenters. The first-order valence-corrected chi connectivity index (χ1v) is 8.38. The predicted octanol–water partition coefficient (Wildman–Crippen LogP) is 3.20. The lowest BCUT2D eigenvalue weighted by molar-refractivity contribution is -0.143. The Morgan fingerprint density at radius 1 is 1.09 bits per heavy atom. The quantitative estimate of drug-likeness (QED) is 0.856. The van der Waals surface area contributed by atoms with Gasteiger partial charge in [0.05, 0.1) is 0 Å². The maximum absolute atomic E-state index is 12.5. The fourth-order valence-corrected chi connectivity index (χ4v) is 3.34. The summed E-state index contributed by atoms with van der Waals surface area (Å²) in [6.07, 6.45) is 1.07. The maximum atomic E-state index is 12.5. The maximum Gasteiger partial charge on any atom is 0.228 e. The molecule has 1 fully saturated rings. The molecule has 2 rings (SSSR count). The molecule has 1 saturated heterocycles. The van der Waals surface area contributed by atoms with E-state index >= 15 is 0 Å². The minimum absolute atomic E-state index is 0.272. The summed E-state index contributed by atoms with van der Waals surface area (Å²) in [5.74, 6) is 0.272. The van der Waals surface area contributed by atoms with Gasteiger partial charge in [0.2, 0.25) is 5.91 Å². The lowest BCUT2D eigenvalue weighted by atomic mass is 9.93. The molecule has 0 aliphatic carbocycles. The van der Waals surface area contributed by atoms with Gasteiger partial charge >= 0.3 is 0 Å². The van der Waals surface area contributed by atoms with Crippen LogP contribution in [0.25, 0.3) is 0 Å². The van der Waals surface area contributed by atoms with Crippen LogP contribution in [0.3, 0.4) is 0 Å². The lowest BCUT2D eigenvalue weighted by Crippen LogP contribution is -2.59. The highest BCUT2D eigenvalue weighted by atomic mass is 16.2. The number of hydrogen-bond donors (Lipinski definition) is 0. The Bertz CT molecular complexity index is 480. The molecule has 0 saturated carbocycles. The van der Waals surface area contributed by atoms with Crippen molar-refractivity contribution in [1.82, 2.24) is 9.80 Å². The first-order valence-electron chi connectivity index (χ1n) is 8.38. The molecule has 122 valence electrons. The fraction of sp³-hybridized carbons (Fsp3) is 0.632. The smallest absolute Gasteiger partial charge is 0.228 e. The van der Waals surface area contributed by atoms with Crippen LogP contribution in [0.5, 0.6) is 0 Å². The summed E-state index contributed by atoms with van der Waals surface area (Å²) in [6.45, 7) is 13.2. The summed E-state index contributed by atoms with van der Waals surface area (Å²) < 4.78 is 0. The highest BCUT2D eigenvalue weighted by molar-refractivity contribution is 5.81. The number of benzene rings is 1. The Balaban J connectivity index is 1.95. The van der Waals surface area contributed by atoms with Gasteiger partial charge in [0.1, 0.15) is 0 Å². The van der Waals surface area contributed by atoms with Gasteiger partial charge in [-0.15, -0.1) is 0 Å². The summed E-state index contributed by atoms with van der Waals surface area (Å²) in [5.41, 5.74) is 1.10. The highest BCUT2D eigenvalue weighted by Crippen LogP contribution is 2.23. The number of nitrogens with zero attached hydrogens (tertiary/aromatic N) is 2. The number of carbonyl (C=O) groups is 1. The molecule has 0 aromatic heterocycles. The predicted molar refractivity (Wildman–Crippen MR) is 91.8 cm³/mol. The third kappa shape index (κ3) is 4.10. The van der Waals surface area contributed by atoms with Gasteiger partial charge in [-0.1, -0.05) is 51.1 Å². The van der Waals surface area contributed by atoms with E-state index in [1.54, 1.807) is 0 Å². The van der Waals surface area contributed by atoms with Gasteiger partial charge in [0.25, 0.3) is 0 Å². The van der Waals surface area contributed by atoms with E-state index in [1.807, 2.05) is 25.7 Å². The third-order valence-corrected chi connectivity index (χ3v) is 4.53. The Kier molecular flexibility index (Phi) is 5.28. The summed E-state index contributed by atoms with van der Waals surface area (Å²) in [6, 6.07) is 11.5. The number of amides is 1. The van der Waals surface area contributed by atoms with Crippen molar-refractivity contribution in [2.75, 3.05) is 19.6 Å². The summed E-state index contributed by atoms with van der Waals surface area (Å²) >= 11 is 0. The molecule has 0 radical (unpaired) electrons. The van der Waals surface area contributed by atoms with E-state index in [0.29, 0.717) is 12.1 Å². The molecule has 3 nitrogen and oxygen atoms in total. The lowest BCUT2D eigenvalue weighted by Gasteiger charge is -2.46. The molecule has 22 heavy (non-hydrogen) atoms. The molecule has 1 heterocycles. The highest BCUT2D eigenvalue weighted by Gasteiger charge is 2.35. The third-order valence-electron chi connectivity index (χ3n) is 4.53. The fourth-order valence-electron chi connectivity index (χ4n) is 3.34. The topological polar surface area (TPSA) is 23.6 Å². The first kappa shape index (κ1) is 17.0. The van der Waals surface area contributed by atoms with Crippen LogP contribution < -0.4 is 0 Å². The monoisotopic (exact) mass is 302 g/mol. The van der Waals surface area contributed by atoms with E-state index in [0.717, 1.165) is 26.1 Å². The van der Waals surface area contributed by atoms with Crippen LogP contribution in [-0.2, 0) is 11.2 Å². The van der Waals surface area contributed by atoms with Crippen LogP contribution >= 0.6 is 0 Å². The number of carbonyl (C=O) groups excluding carboxylic acids is 1. The zero-order valence-electron chi connectivity index (χ0n) is 14.7. The van der Waals surface area contributed by atoms with Crippen molar-refractivity contribution in [2.24, 2.45) is 5.41 Å². The molecule has 1 aliphatic rings. The molecule has 2 unspecified atom stereocenters. The zero-order valence-corrected chi connectivity index (χ0v) is 14.7. The second kappa shape index (κ2) is 6.82. The van der Waals surface area contributed by atoms with Crippen LogP contribution in [0.2, 0.25) is 0 Å². The SMILES string of the molecule is CC1CN(C(=O)C(C)(C)C)CC(C)N1CCc1ccccc1. The van der Waals surface area contributed by atoms with Gasteiger partial charge in [0, 0.05) is 37.1 Å². The van der Waals surface area contributed by atoms with Crippen molar-refractivity contribution in [3.63, 3.8) is 0 Å². The van der Waals surface area contributed by atoms with E-state index in [2.05, 4.69) is 49.1 Å². The summed E-state index contributed by atoms with van der Waals surface area (Å²) in [5, 5.41) is 0. The van der Waals surface area contributed by atoms with Crippen LogP contribution in [0.4, 0.5) is 0 Å². The molecule has 1 amide bonds. The summed E-state index contributed by atoms with van der Waals surface area (Å²) in [4.78, 5) is 17.1. The van der Waals surface area contributed by atoms with Crippen molar-refractivity contribution >= 4 is 5.91 Å². The number of hydrogen-bond acceptors (Lipinski definition) is 2. The van der Waals surface area contributed by atoms with Gasteiger partial charge < -0.3 is 4.90 Å². The second-order valence-corrected chi connectivity index (χ2v) is 7.63. The Morgan fingerprint density at radius 2 is 1.64 bits per heavy atom. The molecule has 3 heteroatoms. The van der Waals surface area contributed by atoms with E-state index < -0.39 is 0 Å². The van der Waals surface area contributed by atoms with Crippen molar-refractivity contribution in [3.05, 3.63) is 35.9 Å². The minimum atomic E-state index is -0.286. The average Bonchev–Trinajstić information content (AvgIpc) is 2.45. The van der Waals surface area contributed by atoms with Crippen LogP contribution in [0, 0.1) is 5.41 Å². The van der Waals surface area contributed by atoms with Crippen LogP contribution in [-0.4, -0.2) is 47.4 Å². The summed E-state index contributed by atoms with van der Waals surface area (Å²) in [7, 11) is 0. The van der Waals surface area contributed by atoms with Crippen molar-refractivity contribution < 1.29 is 4.79 Å². The van der Waals surface area contributed by atoms with Gasteiger partial charge in [-0.3, -0.25) is 9.69 Å². The molecule has 0 spiro atoms. The number of piperazine rings is 1. The molecule has 0 bridgehead atoms. The Hall–Kier alpha value is -1.35. The van der Waals surface area contributed by atoms with Gasteiger partial charge in [0.15, 0.2) is 0 Å². The molecule has 0 N–H and O–H groups in total. The molecular weight excluding hydrogens is 272 g/mol. The van der Waals surface area contributed by atoms with Gasteiger partial charge in [-0.2, -0.15) is 0 Å². The molecule has 1 aliphatic heterocycles. The molecule has 1 aromatic rings. The number of rotatable bonds is 3. The van der Waals surface area contributed by atoms with E-state index in [-0.39, 0.29) is 11.3 Å². The van der Waals surface area contributed by atoms with Crippen molar-refractivity contribution in [1.29, 1.82) is 0 Å². The van der Waals surface area contributed by atoms with Gasteiger partial charge in [-0.05, 0) is 25.8 Å². The largest absolute Gasteiger partial charge is 0.339 e. The second-order valence-electron chi connectivity index (χ2n) is 7.63. The van der Waals surface area contributed by atoms with Crippen molar-refractivity contribution in [3.8, 4) is 0 Å². The average molecular weight is 302 g/mol.